The van der Waals surface area contributed by atoms with E-state index < -0.39 is 0 Å². The normalized spacial score (nSPS) is 12.2. The lowest BCUT2D eigenvalue weighted by molar-refractivity contribution is -0.800. The molecule has 3 nitrogen and oxygen atoms in total. The molecule has 0 spiro atoms. The van der Waals surface area contributed by atoms with Gasteiger partial charge in [-0.15, -0.1) is 0 Å². The summed E-state index contributed by atoms with van der Waals surface area (Å²) in [5, 5.41) is 4.62. The Bertz CT molecular complexity index is 598. The minimum Gasteiger partial charge on any atom is -0.261 e. The fraction of sp³-hybridized carbons (Fsp3) is 0.500. The first-order valence-corrected chi connectivity index (χ1v) is 7.67. The van der Waals surface area contributed by atoms with Crippen LogP contribution >= 0.6 is 0 Å². The molecule has 0 unspecified atom stereocenters. The lowest BCUT2D eigenvalue weighted by atomic mass is 9.93. The highest BCUT2D eigenvalue weighted by Gasteiger charge is 2.33. The van der Waals surface area contributed by atoms with Crippen molar-refractivity contribution in [3.05, 3.63) is 53.6 Å². The predicted molar refractivity (Wildman–Crippen MR) is 85.3 cm³/mol. The van der Waals surface area contributed by atoms with E-state index in [1.54, 1.807) is 0 Å². The van der Waals surface area contributed by atoms with Crippen molar-refractivity contribution >= 4 is 0 Å². The van der Waals surface area contributed by atoms with Crippen LogP contribution in [0.3, 0.4) is 0 Å². The molecule has 0 aliphatic carbocycles. The van der Waals surface area contributed by atoms with E-state index in [0.29, 0.717) is 11.8 Å². The summed E-state index contributed by atoms with van der Waals surface area (Å²) in [5.41, 5.74) is 3.43. The van der Waals surface area contributed by atoms with Crippen molar-refractivity contribution in [2.24, 2.45) is 0 Å². The van der Waals surface area contributed by atoms with Crippen LogP contribution in [0.15, 0.2) is 36.8 Å². The molecular formula is C18H26N3+. The van der Waals surface area contributed by atoms with E-state index in [4.69, 9.17) is 0 Å². The number of nitrogens with zero attached hydrogens (tertiary/aromatic N) is 3. The summed E-state index contributed by atoms with van der Waals surface area (Å²) in [6.07, 6.45) is 5.94. The van der Waals surface area contributed by atoms with Gasteiger partial charge in [-0.1, -0.05) is 32.4 Å². The van der Waals surface area contributed by atoms with Gasteiger partial charge < -0.3 is 0 Å². The molecule has 0 aliphatic rings. The summed E-state index contributed by atoms with van der Waals surface area (Å²) < 4.78 is 2.03. The van der Waals surface area contributed by atoms with Crippen LogP contribution in [0.25, 0.3) is 0 Å². The maximum absolute atomic E-state index is 4.62. The number of hydrogen-bond donors (Lipinski definition) is 0. The molecule has 3 heteroatoms. The highest BCUT2D eigenvalue weighted by atomic mass is 15.3. The summed E-state index contributed by atoms with van der Waals surface area (Å²) in [6.45, 7) is 13.1. The molecule has 0 fully saturated rings. The Morgan fingerprint density at radius 2 is 1.76 bits per heavy atom. The Kier molecular flexibility index (Phi) is 4.40. The van der Waals surface area contributed by atoms with Crippen molar-refractivity contribution in [1.82, 2.24) is 10.1 Å². The molecule has 0 N–H and O–H groups in total. The van der Waals surface area contributed by atoms with E-state index in [2.05, 4.69) is 76.0 Å². The summed E-state index contributed by atoms with van der Waals surface area (Å²) in [5.74, 6) is 0.936. The van der Waals surface area contributed by atoms with Crippen molar-refractivity contribution in [3.63, 3.8) is 0 Å². The number of pyridine rings is 1. The van der Waals surface area contributed by atoms with Gasteiger partial charge in [0.05, 0.1) is 6.20 Å². The second-order valence-corrected chi connectivity index (χ2v) is 6.74. The van der Waals surface area contributed by atoms with Crippen LogP contribution < -0.4 is 4.68 Å². The van der Waals surface area contributed by atoms with Crippen LogP contribution in [0.4, 0.5) is 0 Å². The second-order valence-electron chi connectivity index (χ2n) is 6.74. The first-order valence-electron chi connectivity index (χ1n) is 7.67. The standard InChI is InChI=1S/C18H26N3/c1-13(2)15-8-10-21(20-12-15)18(5,6)16-7-9-19-17(11-16)14(3)4/h7-14H,1-6H3/q+1. The van der Waals surface area contributed by atoms with E-state index in [1.807, 2.05) is 17.1 Å². The second kappa shape index (κ2) is 5.92. The van der Waals surface area contributed by atoms with Crippen LogP contribution in [0.2, 0.25) is 0 Å². The monoisotopic (exact) mass is 284 g/mol. The SMILES string of the molecule is CC(C)c1cc[n+](C(C)(C)c2ccnc(C(C)C)c2)nc1. The zero-order chi connectivity index (χ0) is 15.6. The largest absolute Gasteiger partial charge is 0.261 e. The Hall–Kier alpha value is -1.77. The molecule has 0 radical (unpaired) electrons. The topological polar surface area (TPSA) is 29.7 Å². The summed E-state index contributed by atoms with van der Waals surface area (Å²) in [6, 6.07) is 6.43. The van der Waals surface area contributed by atoms with Crippen LogP contribution in [0, 0.1) is 0 Å². The maximum atomic E-state index is 4.62. The highest BCUT2D eigenvalue weighted by molar-refractivity contribution is 5.23. The van der Waals surface area contributed by atoms with Crippen molar-refractivity contribution in [2.75, 3.05) is 0 Å². The van der Waals surface area contributed by atoms with Crippen molar-refractivity contribution in [2.45, 2.75) is 58.9 Å². The maximum Gasteiger partial charge on any atom is 0.213 e. The molecule has 0 saturated carbocycles. The highest BCUT2D eigenvalue weighted by Crippen LogP contribution is 2.22. The average molecular weight is 284 g/mol. The van der Waals surface area contributed by atoms with Gasteiger partial charge >= 0.3 is 0 Å². The summed E-state index contributed by atoms with van der Waals surface area (Å²) in [7, 11) is 0. The van der Waals surface area contributed by atoms with E-state index in [1.165, 1.54) is 11.1 Å². The van der Waals surface area contributed by atoms with Gasteiger partial charge in [0.1, 0.15) is 0 Å². The zero-order valence-corrected chi connectivity index (χ0v) is 14.0. The molecule has 0 atom stereocenters. The minimum atomic E-state index is -0.192. The molecule has 21 heavy (non-hydrogen) atoms. The van der Waals surface area contributed by atoms with Crippen LogP contribution in [0.5, 0.6) is 0 Å². The van der Waals surface area contributed by atoms with Crippen LogP contribution in [-0.2, 0) is 5.54 Å². The van der Waals surface area contributed by atoms with Gasteiger partial charge in [-0.3, -0.25) is 4.98 Å². The van der Waals surface area contributed by atoms with Gasteiger partial charge in [-0.05, 0) is 34.6 Å². The first kappa shape index (κ1) is 15.6. The van der Waals surface area contributed by atoms with Crippen molar-refractivity contribution < 1.29 is 4.68 Å². The predicted octanol–water partition coefficient (Wildman–Crippen LogP) is 3.79. The molecule has 112 valence electrons. The van der Waals surface area contributed by atoms with Crippen LogP contribution in [0.1, 0.15) is 70.2 Å². The number of aromatic nitrogens is 3. The molecule has 0 aromatic carbocycles. The fourth-order valence-electron chi connectivity index (χ4n) is 2.32. The molecule has 0 saturated heterocycles. The average Bonchev–Trinajstić information content (AvgIpc) is 2.47. The fourth-order valence-corrected chi connectivity index (χ4v) is 2.32. The van der Waals surface area contributed by atoms with E-state index in [0.717, 1.165) is 5.69 Å². The smallest absolute Gasteiger partial charge is 0.213 e. The minimum absolute atomic E-state index is 0.192. The Labute approximate surface area is 128 Å². The van der Waals surface area contributed by atoms with E-state index in [-0.39, 0.29) is 5.54 Å². The molecule has 2 heterocycles. The molecule has 0 bridgehead atoms. The van der Waals surface area contributed by atoms with Gasteiger partial charge in [-0.2, -0.15) is 0 Å². The molecule has 2 aromatic heterocycles. The van der Waals surface area contributed by atoms with Gasteiger partial charge in [0, 0.05) is 37.4 Å². The van der Waals surface area contributed by atoms with Gasteiger partial charge in [0.15, 0.2) is 6.20 Å². The Balaban J connectivity index is 2.38. The van der Waals surface area contributed by atoms with E-state index >= 15 is 0 Å². The van der Waals surface area contributed by atoms with Crippen molar-refractivity contribution in [1.29, 1.82) is 0 Å². The summed E-state index contributed by atoms with van der Waals surface area (Å²) in [4.78, 5) is 4.45. The lowest BCUT2D eigenvalue weighted by Gasteiger charge is -2.19. The molecule has 2 rings (SSSR count). The Morgan fingerprint density at radius 1 is 1.05 bits per heavy atom. The third-order valence-corrected chi connectivity index (χ3v) is 4.06. The van der Waals surface area contributed by atoms with Gasteiger partial charge in [0.2, 0.25) is 5.54 Å². The zero-order valence-electron chi connectivity index (χ0n) is 14.0. The molecular weight excluding hydrogens is 258 g/mol. The number of hydrogen-bond acceptors (Lipinski definition) is 2. The Morgan fingerprint density at radius 3 is 2.29 bits per heavy atom. The van der Waals surface area contributed by atoms with Crippen LogP contribution in [-0.4, -0.2) is 10.1 Å². The quantitative estimate of drug-likeness (QED) is 0.799. The van der Waals surface area contributed by atoms with Gasteiger partial charge in [-0.25, -0.2) is 0 Å². The lowest BCUT2D eigenvalue weighted by Crippen LogP contribution is -2.55. The van der Waals surface area contributed by atoms with Gasteiger partial charge in [0.25, 0.3) is 0 Å². The third kappa shape index (κ3) is 3.29. The number of rotatable bonds is 4. The van der Waals surface area contributed by atoms with E-state index in [9.17, 15) is 0 Å². The third-order valence-electron chi connectivity index (χ3n) is 4.06. The first-order chi connectivity index (χ1) is 9.82. The molecule has 0 amide bonds. The van der Waals surface area contributed by atoms with Crippen molar-refractivity contribution in [3.8, 4) is 0 Å². The molecule has 2 aromatic rings. The summed E-state index contributed by atoms with van der Waals surface area (Å²) >= 11 is 0. The molecule has 0 aliphatic heterocycles.